The average Bonchev–Trinajstić information content (AvgIpc) is 2.87. The summed E-state index contributed by atoms with van der Waals surface area (Å²) in [5.74, 6) is 1.91. The van der Waals surface area contributed by atoms with Crippen LogP contribution < -0.4 is 10.5 Å². The summed E-state index contributed by atoms with van der Waals surface area (Å²) in [6.07, 6.45) is 0.908. The molecule has 0 fully saturated rings. The molecule has 5 nitrogen and oxygen atoms in total. The molecule has 0 unspecified atom stereocenters. The highest BCUT2D eigenvalue weighted by Gasteiger charge is 2.14. The number of hydrogen-bond donors (Lipinski definition) is 1. The van der Waals surface area contributed by atoms with Gasteiger partial charge in [0.15, 0.2) is 0 Å². The lowest BCUT2D eigenvalue weighted by Gasteiger charge is -2.11. The van der Waals surface area contributed by atoms with Crippen molar-refractivity contribution in [2.45, 2.75) is 40.7 Å². The van der Waals surface area contributed by atoms with Gasteiger partial charge >= 0.3 is 0 Å². The highest BCUT2D eigenvalue weighted by Crippen LogP contribution is 2.20. The molecule has 0 aliphatic carbocycles. The molecule has 0 saturated carbocycles. The molecule has 0 radical (unpaired) electrons. The maximum atomic E-state index is 5.77. The lowest BCUT2D eigenvalue weighted by molar-refractivity contribution is 0.271. The molecule has 0 bridgehead atoms. The highest BCUT2D eigenvalue weighted by atomic mass is 16.5. The van der Waals surface area contributed by atoms with Crippen molar-refractivity contribution in [1.82, 2.24) is 15.0 Å². The molecule has 120 valence electrons. The molecule has 0 spiro atoms. The highest BCUT2D eigenvalue weighted by molar-refractivity contribution is 5.38. The molecular weight excluding hydrogens is 276 g/mol. The van der Waals surface area contributed by atoms with E-state index in [1.54, 1.807) is 0 Å². The fourth-order valence-corrected chi connectivity index (χ4v) is 2.24. The number of benzene rings is 1. The molecule has 2 rings (SSSR count). The van der Waals surface area contributed by atoms with Crippen LogP contribution >= 0.6 is 0 Å². The van der Waals surface area contributed by atoms with Crippen LogP contribution in [0.1, 0.15) is 39.1 Å². The average molecular weight is 302 g/mol. The second kappa shape index (κ2) is 7.40. The zero-order valence-electron chi connectivity index (χ0n) is 13.9. The number of rotatable bonds is 7. The van der Waals surface area contributed by atoms with Crippen molar-refractivity contribution in [2.75, 3.05) is 6.61 Å². The van der Waals surface area contributed by atoms with Gasteiger partial charge in [0.05, 0.1) is 23.7 Å². The van der Waals surface area contributed by atoms with Crippen molar-refractivity contribution in [3.05, 3.63) is 35.7 Å². The SMILES string of the molecule is CC(C)COc1ccc(-n2nnc(CN)c2CC(C)C)cc1. The standard InChI is InChI=1S/C17H26N4O/c1-12(2)9-17-16(10-18)19-20-21(17)14-5-7-15(8-6-14)22-11-13(3)4/h5-8,12-13H,9-11,18H2,1-4H3. The Hall–Kier alpha value is -1.88. The van der Waals surface area contributed by atoms with Crippen molar-refractivity contribution < 1.29 is 4.74 Å². The van der Waals surface area contributed by atoms with Gasteiger partial charge in [-0.1, -0.05) is 32.9 Å². The van der Waals surface area contributed by atoms with Gasteiger partial charge in [-0.15, -0.1) is 5.10 Å². The van der Waals surface area contributed by atoms with Gasteiger partial charge in [-0.2, -0.15) is 0 Å². The van der Waals surface area contributed by atoms with Crippen LogP contribution in [0.5, 0.6) is 5.75 Å². The number of nitrogens with two attached hydrogens (primary N) is 1. The Morgan fingerprint density at radius 3 is 2.32 bits per heavy atom. The molecule has 5 heteroatoms. The molecule has 0 saturated heterocycles. The molecule has 0 aliphatic heterocycles. The van der Waals surface area contributed by atoms with Gasteiger partial charge in [0.2, 0.25) is 0 Å². The van der Waals surface area contributed by atoms with Crippen LogP contribution in [0.2, 0.25) is 0 Å². The first-order valence-corrected chi connectivity index (χ1v) is 7.88. The third-order valence-electron chi connectivity index (χ3n) is 3.30. The van der Waals surface area contributed by atoms with Crippen LogP contribution in [0, 0.1) is 11.8 Å². The van der Waals surface area contributed by atoms with Crippen LogP contribution in [-0.4, -0.2) is 21.6 Å². The summed E-state index contributed by atoms with van der Waals surface area (Å²) in [5.41, 5.74) is 8.72. The van der Waals surface area contributed by atoms with Crippen LogP contribution in [0.25, 0.3) is 5.69 Å². The number of aromatic nitrogens is 3. The van der Waals surface area contributed by atoms with Gasteiger partial charge in [-0.05, 0) is 42.5 Å². The molecule has 1 heterocycles. The molecule has 22 heavy (non-hydrogen) atoms. The first kappa shape index (κ1) is 16.5. The fraction of sp³-hybridized carbons (Fsp3) is 0.529. The first-order valence-electron chi connectivity index (χ1n) is 7.88. The van der Waals surface area contributed by atoms with E-state index in [0.29, 0.717) is 18.4 Å². The Kier molecular flexibility index (Phi) is 5.55. The van der Waals surface area contributed by atoms with Gasteiger partial charge in [-0.25, -0.2) is 4.68 Å². The van der Waals surface area contributed by atoms with E-state index in [9.17, 15) is 0 Å². The normalized spacial score (nSPS) is 11.4. The van der Waals surface area contributed by atoms with Gasteiger partial charge in [0, 0.05) is 6.54 Å². The van der Waals surface area contributed by atoms with Gasteiger partial charge in [-0.3, -0.25) is 0 Å². The van der Waals surface area contributed by atoms with E-state index in [-0.39, 0.29) is 0 Å². The van der Waals surface area contributed by atoms with Crippen molar-refractivity contribution in [1.29, 1.82) is 0 Å². The minimum atomic E-state index is 0.414. The maximum Gasteiger partial charge on any atom is 0.119 e. The molecule has 1 aromatic heterocycles. The van der Waals surface area contributed by atoms with E-state index >= 15 is 0 Å². The fourth-order valence-electron chi connectivity index (χ4n) is 2.24. The van der Waals surface area contributed by atoms with Crippen molar-refractivity contribution in [3.63, 3.8) is 0 Å². The maximum absolute atomic E-state index is 5.77. The van der Waals surface area contributed by atoms with Crippen molar-refractivity contribution in [2.24, 2.45) is 17.6 Å². The zero-order chi connectivity index (χ0) is 16.1. The second-order valence-corrected chi connectivity index (χ2v) is 6.40. The largest absolute Gasteiger partial charge is 0.493 e. The summed E-state index contributed by atoms with van der Waals surface area (Å²) in [7, 11) is 0. The third-order valence-corrected chi connectivity index (χ3v) is 3.30. The predicted molar refractivity (Wildman–Crippen MR) is 88.1 cm³/mol. The Labute approximate surface area is 132 Å². The number of hydrogen-bond acceptors (Lipinski definition) is 4. The van der Waals surface area contributed by atoms with E-state index in [1.807, 2.05) is 28.9 Å². The minimum Gasteiger partial charge on any atom is -0.493 e. The Morgan fingerprint density at radius 1 is 1.09 bits per heavy atom. The molecule has 0 amide bonds. The van der Waals surface area contributed by atoms with E-state index < -0.39 is 0 Å². The molecular formula is C17H26N4O. The summed E-state index contributed by atoms with van der Waals surface area (Å²) >= 11 is 0. The lowest BCUT2D eigenvalue weighted by Crippen LogP contribution is -2.09. The van der Waals surface area contributed by atoms with E-state index in [4.69, 9.17) is 10.5 Å². The lowest BCUT2D eigenvalue weighted by atomic mass is 10.1. The molecule has 1 aromatic carbocycles. The summed E-state index contributed by atoms with van der Waals surface area (Å²) in [6, 6.07) is 7.96. The molecule has 2 N–H and O–H groups in total. The molecule has 0 atom stereocenters. The number of nitrogens with zero attached hydrogens (tertiary/aromatic N) is 3. The van der Waals surface area contributed by atoms with Crippen LogP contribution in [-0.2, 0) is 13.0 Å². The summed E-state index contributed by atoms with van der Waals surface area (Å²) in [6.45, 7) is 9.77. The van der Waals surface area contributed by atoms with Crippen molar-refractivity contribution in [3.8, 4) is 11.4 Å². The van der Waals surface area contributed by atoms with E-state index in [2.05, 4.69) is 38.0 Å². The first-order chi connectivity index (χ1) is 10.5. The molecule has 0 aliphatic rings. The molecule has 2 aromatic rings. The predicted octanol–water partition coefficient (Wildman–Crippen LogP) is 2.96. The van der Waals surface area contributed by atoms with Crippen LogP contribution in [0.3, 0.4) is 0 Å². The van der Waals surface area contributed by atoms with E-state index in [1.165, 1.54) is 0 Å². The summed E-state index contributed by atoms with van der Waals surface area (Å²) < 4.78 is 7.60. The minimum absolute atomic E-state index is 0.414. The van der Waals surface area contributed by atoms with Crippen LogP contribution in [0.4, 0.5) is 0 Å². The second-order valence-electron chi connectivity index (χ2n) is 6.40. The van der Waals surface area contributed by atoms with Gasteiger partial charge < -0.3 is 10.5 Å². The van der Waals surface area contributed by atoms with E-state index in [0.717, 1.165) is 35.9 Å². The van der Waals surface area contributed by atoms with Gasteiger partial charge in [0.1, 0.15) is 5.75 Å². The monoisotopic (exact) mass is 302 g/mol. The Bertz CT molecular complexity index is 587. The number of ether oxygens (including phenoxy) is 1. The van der Waals surface area contributed by atoms with Gasteiger partial charge in [0.25, 0.3) is 0 Å². The zero-order valence-corrected chi connectivity index (χ0v) is 13.9. The quantitative estimate of drug-likeness (QED) is 0.854. The Balaban J connectivity index is 2.22. The summed E-state index contributed by atoms with van der Waals surface area (Å²) in [5, 5.41) is 8.46. The van der Waals surface area contributed by atoms with Crippen LogP contribution in [0.15, 0.2) is 24.3 Å². The smallest absolute Gasteiger partial charge is 0.119 e. The Morgan fingerprint density at radius 2 is 1.77 bits per heavy atom. The van der Waals surface area contributed by atoms with Crippen molar-refractivity contribution >= 4 is 0 Å². The third kappa shape index (κ3) is 4.07. The summed E-state index contributed by atoms with van der Waals surface area (Å²) in [4.78, 5) is 0. The topological polar surface area (TPSA) is 66.0 Å².